The van der Waals surface area contributed by atoms with E-state index in [-0.39, 0.29) is 43.9 Å². The minimum absolute atomic E-state index is 0.00343. The number of likely N-dealkylation sites (tertiary alicyclic amines) is 1. The van der Waals surface area contributed by atoms with Crippen LogP contribution in [0.3, 0.4) is 0 Å². The van der Waals surface area contributed by atoms with Crippen molar-refractivity contribution in [2.75, 3.05) is 46.2 Å². The van der Waals surface area contributed by atoms with Crippen LogP contribution in [0.1, 0.15) is 69.8 Å². The van der Waals surface area contributed by atoms with E-state index in [4.69, 9.17) is 14.2 Å². The number of carbonyl (C=O) groups excluding carboxylic acids is 1. The zero-order chi connectivity index (χ0) is 26.2. The van der Waals surface area contributed by atoms with E-state index in [1.54, 1.807) is 0 Å². The second-order valence-corrected chi connectivity index (χ2v) is 10.5. The van der Waals surface area contributed by atoms with Crippen LogP contribution in [0.2, 0.25) is 0 Å². The van der Waals surface area contributed by atoms with Crippen LogP contribution >= 0.6 is 0 Å². The van der Waals surface area contributed by atoms with Gasteiger partial charge in [-0.05, 0) is 62.6 Å². The van der Waals surface area contributed by atoms with Crippen molar-refractivity contribution in [3.63, 3.8) is 0 Å². The predicted molar refractivity (Wildman–Crippen MR) is 138 cm³/mol. The summed E-state index contributed by atoms with van der Waals surface area (Å²) in [6.45, 7) is 4.88. The van der Waals surface area contributed by atoms with Gasteiger partial charge in [0.25, 0.3) is 0 Å². The zero-order valence-corrected chi connectivity index (χ0v) is 22.0. The molecule has 4 atom stereocenters. The van der Waals surface area contributed by atoms with E-state index >= 15 is 0 Å². The summed E-state index contributed by atoms with van der Waals surface area (Å²) in [4.78, 5) is 30.0. The molecule has 37 heavy (non-hydrogen) atoms. The van der Waals surface area contributed by atoms with Gasteiger partial charge in [0.1, 0.15) is 0 Å². The number of aliphatic carboxylic acids is 1. The summed E-state index contributed by atoms with van der Waals surface area (Å²) in [6, 6.07) is 5.39. The summed E-state index contributed by atoms with van der Waals surface area (Å²) >= 11 is 0. The van der Waals surface area contributed by atoms with Crippen LogP contribution in [0.4, 0.5) is 0 Å². The fraction of sp³-hybridized carbons (Fsp3) is 0.714. The van der Waals surface area contributed by atoms with Crippen LogP contribution in [0.15, 0.2) is 18.2 Å². The molecule has 3 aliphatic heterocycles. The molecule has 3 aliphatic rings. The number of hydrogen-bond acceptors (Lipinski definition) is 7. The molecule has 9 nitrogen and oxygen atoms in total. The fourth-order valence-corrected chi connectivity index (χ4v) is 5.97. The summed E-state index contributed by atoms with van der Waals surface area (Å²) in [7, 11) is 0. The third kappa shape index (κ3) is 6.94. The molecule has 3 heterocycles. The van der Waals surface area contributed by atoms with Gasteiger partial charge >= 0.3 is 5.97 Å². The van der Waals surface area contributed by atoms with Gasteiger partial charge in [0.15, 0.2) is 11.5 Å². The molecule has 1 aromatic rings. The summed E-state index contributed by atoms with van der Waals surface area (Å²) in [5.74, 6) is -0.441. The lowest BCUT2D eigenvalue weighted by atomic mass is 9.83. The maximum Gasteiger partial charge on any atom is 0.308 e. The summed E-state index contributed by atoms with van der Waals surface area (Å²) in [5.41, 5.74) is 0.897. The van der Waals surface area contributed by atoms with E-state index in [2.05, 4.69) is 11.8 Å². The molecule has 0 radical (unpaired) electrons. The molecule has 9 heteroatoms. The van der Waals surface area contributed by atoms with Gasteiger partial charge in [-0.25, -0.2) is 0 Å². The standard InChI is InChI=1S/C28H42N2O7/c1-2-3-12-29(13-6-14-31)26(32)18-30-17-22(20-8-11-24-25(16-20)37-19-36-24)27(28(33)34)23(30)10-9-21-7-4-5-15-35-21/h8,11,16,21-23,27,31H,2-7,9-10,12-15,17-19H2,1H3,(H,33,34)/t21?,22-,23+,27-/m1/s1. The molecule has 0 aromatic heterocycles. The van der Waals surface area contributed by atoms with Gasteiger partial charge in [-0.15, -0.1) is 0 Å². The Labute approximate surface area is 219 Å². The maximum absolute atomic E-state index is 13.4. The second kappa shape index (κ2) is 13.4. The van der Waals surface area contributed by atoms with E-state index in [1.807, 2.05) is 23.1 Å². The van der Waals surface area contributed by atoms with Crippen molar-refractivity contribution in [1.82, 2.24) is 9.80 Å². The zero-order valence-electron chi connectivity index (χ0n) is 22.0. The van der Waals surface area contributed by atoms with Gasteiger partial charge in [-0.2, -0.15) is 0 Å². The number of amides is 1. The molecule has 206 valence electrons. The van der Waals surface area contributed by atoms with Crippen LogP contribution in [0.25, 0.3) is 0 Å². The number of benzene rings is 1. The molecule has 2 saturated heterocycles. The third-order valence-electron chi connectivity index (χ3n) is 7.98. The molecule has 2 N–H and O–H groups in total. The Morgan fingerprint density at radius 1 is 1.11 bits per heavy atom. The number of carboxylic acid groups (broad SMARTS) is 1. The molecular weight excluding hydrogens is 476 g/mol. The molecule has 0 spiro atoms. The van der Waals surface area contributed by atoms with Crippen molar-refractivity contribution in [2.45, 2.75) is 76.4 Å². The molecule has 4 rings (SSSR count). The van der Waals surface area contributed by atoms with E-state index in [1.165, 1.54) is 0 Å². The molecular formula is C28H42N2O7. The summed E-state index contributed by atoms with van der Waals surface area (Å²) in [6.07, 6.45) is 7.23. The molecule has 1 amide bonds. The van der Waals surface area contributed by atoms with E-state index < -0.39 is 11.9 Å². The molecule has 0 aliphatic carbocycles. The normalized spacial score (nSPS) is 25.4. The third-order valence-corrected chi connectivity index (χ3v) is 7.98. The molecule has 0 bridgehead atoms. The first-order chi connectivity index (χ1) is 18.0. The van der Waals surface area contributed by atoms with Gasteiger partial charge in [0.2, 0.25) is 12.7 Å². The Bertz CT molecular complexity index is 897. The average Bonchev–Trinajstić information content (AvgIpc) is 3.52. The molecule has 1 unspecified atom stereocenters. The van der Waals surface area contributed by atoms with Crippen molar-refractivity contribution >= 4 is 11.9 Å². The first-order valence-corrected chi connectivity index (χ1v) is 13.9. The van der Waals surface area contributed by atoms with Crippen LogP contribution in [0, 0.1) is 5.92 Å². The van der Waals surface area contributed by atoms with Crippen molar-refractivity contribution in [1.29, 1.82) is 0 Å². The van der Waals surface area contributed by atoms with Crippen molar-refractivity contribution in [3.8, 4) is 11.5 Å². The first kappa shape index (κ1) is 27.7. The number of aliphatic hydroxyl groups excluding tert-OH is 1. The highest BCUT2D eigenvalue weighted by Gasteiger charge is 2.47. The minimum Gasteiger partial charge on any atom is -0.481 e. The van der Waals surface area contributed by atoms with E-state index in [0.717, 1.165) is 50.7 Å². The lowest BCUT2D eigenvalue weighted by molar-refractivity contribution is -0.144. The average molecular weight is 519 g/mol. The number of carbonyl (C=O) groups is 2. The number of unbranched alkanes of at least 4 members (excludes halogenated alkanes) is 1. The van der Waals surface area contributed by atoms with Crippen LogP contribution in [0.5, 0.6) is 11.5 Å². The number of nitrogens with zero attached hydrogens (tertiary/aromatic N) is 2. The van der Waals surface area contributed by atoms with Crippen LogP contribution in [-0.4, -0.2) is 90.2 Å². The van der Waals surface area contributed by atoms with Gasteiger partial charge in [-0.1, -0.05) is 19.4 Å². The van der Waals surface area contributed by atoms with E-state index in [0.29, 0.717) is 44.0 Å². The second-order valence-electron chi connectivity index (χ2n) is 10.5. The Morgan fingerprint density at radius 2 is 1.92 bits per heavy atom. The smallest absolute Gasteiger partial charge is 0.308 e. The monoisotopic (exact) mass is 518 g/mol. The molecule has 2 fully saturated rings. The number of rotatable bonds is 13. The Hall–Kier alpha value is -2.36. The van der Waals surface area contributed by atoms with Crippen molar-refractivity contribution in [3.05, 3.63) is 23.8 Å². The Morgan fingerprint density at radius 3 is 2.65 bits per heavy atom. The number of fused-ring (bicyclic) bond motifs is 1. The summed E-state index contributed by atoms with van der Waals surface area (Å²) in [5, 5.41) is 19.7. The Kier molecular flexibility index (Phi) is 10.1. The Balaban J connectivity index is 1.55. The van der Waals surface area contributed by atoms with Crippen LogP contribution < -0.4 is 9.47 Å². The van der Waals surface area contributed by atoms with Gasteiger partial charge < -0.3 is 29.3 Å². The highest BCUT2D eigenvalue weighted by molar-refractivity contribution is 5.79. The quantitative estimate of drug-likeness (QED) is 0.410. The lowest BCUT2D eigenvalue weighted by Crippen LogP contribution is -2.45. The van der Waals surface area contributed by atoms with Gasteiger partial charge in [0.05, 0.1) is 18.6 Å². The number of ether oxygens (including phenoxy) is 3. The van der Waals surface area contributed by atoms with Gasteiger partial charge in [-0.3, -0.25) is 14.5 Å². The molecule has 1 aromatic carbocycles. The molecule has 0 saturated carbocycles. The number of aliphatic hydroxyl groups is 1. The predicted octanol–water partition coefficient (Wildman–Crippen LogP) is 3.24. The van der Waals surface area contributed by atoms with Crippen molar-refractivity contribution in [2.24, 2.45) is 5.92 Å². The number of carboxylic acids is 1. The highest BCUT2D eigenvalue weighted by atomic mass is 16.7. The topological polar surface area (TPSA) is 109 Å². The first-order valence-electron chi connectivity index (χ1n) is 13.9. The minimum atomic E-state index is -0.838. The van der Waals surface area contributed by atoms with Gasteiger partial charge in [0, 0.05) is 44.8 Å². The summed E-state index contributed by atoms with van der Waals surface area (Å²) < 4.78 is 17.0. The maximum atomic E-state index is 13.4. The van der Waals surface area contributed by atoms with Crippen LogP contribution in [-0.2, 0) is 14.3 Å². The lowest BCUT2D eigenvalue weighted by Gasteiger charge is -2.31. The largest absolute Gasteiger partial charge is 0.481 e. The highest BCUT2D eigenvalue weighted by Crippen LogP contribution is 2.43. The van der Waals surface area contributed by atoms with E-state index in [9.17, 15) is 19.8 Å². The number of hydrogen-bond donors (Lipinski definition) is 2. The fourth-order valence-electron chi connectivity index (χ4n) is 5.97. The van der Waals surface area contributed by atoms with Crippen molar-refractivity contribution < 1.29 is 34.0 Å². The SMILES string of the molecule is CCCCN(CCCO)C(=O)CN1C[C@H](c2ccc3c(c2)OCO3)[C@@H](C(=O)O)[C@@H]1CCC1CCCCO1.